The number of fused-ring (bicyclic) bond motifs is 15. The number of likely N-dealkylation sites (tertiary alicyclic amines) is 1. The molecular formula is C69H55NO2. The Balaban J connectivity index is 1.05. The molecular weight excluding hydrogens is 875 g/mol. The SMILES string of the molecule is C/C=C\c1c(C)oc2c1C(c1cccc3c(C4=CC=CC5C4N(C4=CC=CCC4)C4C=CC=CC4C54c5ccccc5C5C=CC=CC54)c4cccc(-c5cccc6oc7ccccc7c56)c4cc13)CC=C2. The summed E-state index contributed by atoms with van der Waals surface area (Å²) in [7, 11) is 0. The second-order valence-electron chi connectivity index (χ2n) is 21.0. The van der Waals surface area contributed by atoms with Crippen molar-refractivity contribution in [2.75, 3.05) is 0 Å². The molecule has 2 aromatic heterocycles. The van der Waals surface area contributed by atoms with Crippen LogP contribution in [0.2, 0.25) is 0 Å². The van der Waals surface area contributed by atoms with Crippen LogP contribution in [0.15, 0.2) is 221 Å². The zero-order valence-electron chi connectivity index (χ0n) is 40.7. The van der Waals surface area contributed by atoms with E-state index in [1.54, 1.807) is 0 Å². The predicted octanol–water partition coefficient (Wildman–Crippen LogP) is 17.4. The molecule has 72 heavy (non-hydrogen) atoms. The third-order valence-electron chi connectivity index (χ3n) is 17.8. The Morgan fingerprint density at radius 1 is 0.625 bits per heavy atom. The van der Waals surface area contributed by atoms with Crippen LogP contribution in [0.1, 0.15) is 82.9 Å². The van der Waals surface area contributed by atoms with Crippen molar-refractivity contribution in [3.63, 3.8) is 0 Å². The van der Waals surface area contributed by atoms with E-state index < -0.39 is 0 Å². The average molecular weight is 930 g/mol. The van der Waals surface area contributed by atoms with Gasteiger partial charge in [-0.05, 0) is 130 Å². The Labute approximate surface area is 421 Å². The van der Waals surface area contributed by atoms with Gasteiger partial charge in [-0.15, -0.1) is 0 Å². The molecule has 0 bridgehead atoms. The molecule has 7 aliphatic rings. The summed E-state index contributed by atoms with van der Waals surface area (Å²) in [5.74, 6) is 3.07. The average Bonchev–Trinajstić information content (AvgIpc) is 4.08. The fourth-order valence-electron chi connectivity index (χ4n) is 15.3. The Morgan fingerprint density at radius 2 is 1.38 bits per heavy atom. The van der Waals surface area contributed by atoms with Gasteiger partial charge in [0.2, 0.25) is 0 Å². The molecule has 0 saturated carbocycles. The molecule has 8 aromatic rings. The molecule has 1 aliphatic heterocycles. The molecule has 348 valence electrons. The summed E-state index contributed by atoms with van der Waals surface area (Å²) in [4.78, 5) is 2.91. The summed E-state index contributed by atoms with van der Waals surface area (Å²) in [6.07, 6.45) is 46.0. The van der Waals surface area contributed by atoms with E-state index in [1.165, 1.54) is 77.3 Å². The van der Waals surface area contributed by atoms with E-state index in [1.807, 2.05) is 0 Å². The number of hydrogen-bond acceptors (Lipinski definition) is 3. The number of para-hydroxylation sites is 1. The van der Waals surface area contributed by atoms with Gasteiger partial charge in [0.05, 0.1) is 12.1 Å². The lowest BCUT2D eigenvalue weighted by molar-refractivity contribution is 0.0110. The van der Waals surface area contributed by atoms with Crippen LogP contribution in [0.25, 0.3) is 72.3 Å². The van der Waals surface area contributed by atoms with Gasteiger partial charge in [0.1, 0.15) is 22.7 Å². The summed E-state index contributed by atoms with van der Waals surface area (Å²) < 4.78 is 13.2. The molecule has 6 aromatic carbocycles. The minimum atomic E-state index is -0.210. The summed E-state index contributed by atoms with van der Waals surface area (Å²) in [6, 6.07) is 41.6. The summed E-state index contributed by atoms with van der Waals surface area (Å²) in [6.45, 7) is 4.23. The first-order chi connectivity index (χ1) is 35.6. The first-order valence-corrected chi connectivity index (χ1v) is 26.3. The van der Waals surface area contributed by atoms with Crippen molar-refractivity contribution in [1.29, 1.82) is 0 Å². The Kier molecular flexibility index (Phi) is 9.34. The van der Waals surface area contributed by atoms with Crippen molar-refractivity contribution in [2.45, 2.75) is 62.4 Å². The molecule has 8 atom stereocenters. The molecule has 1 saturated heterocycles. The molecule has 0 amide bonds. The van der Waals surface area contributed by atoms with Crippen LogP contribution in [-0.2, 0) is 5.41 Å². The molecule has 0 radical (unpaired) electrons. The van der Waals surface area contributed by atoms with Crippen LogP contribution in [0.4, 0.5) is 0 Å². The molecule has 3 nitrogen and oxygen atoms in total. The summed E-state index contributed by atoms with van der Waals surface area (Å²) in [5, 5.41) is 7.42. The lowest BCUT2D eigenvalue weighted by Gasteiger charge is -2.63. The standard InChI is InChI=1S/C69H55NO2/c1-3-20-44-42(2)71-63-39-18-30-49(66(44)63)45-26-15-28-51-55(45)41-56-46(50-31-19-40-64-67(50)53-25-9-14-38-62(53)72-64)27-16-29-52(56)65(51)54-32-17-36-60-68(54)70(43-21-5-4-6-22-43)61-37-13-12-35-59(61)69(60)57-33-10-7-23-47(57)48-24-8-11-34-58(48)69/h3-5,7-21,23-29,31-41,47,49,57,59-61,68H,6,22,30H2,1-2H3/b20-3-. The van der Waals surface area contributed by atoms with Crippen molar-refractivity contribution >= 4 is 61.2 Å². The molecule has 8 unspecified atom stereocenters. The van der Waals surface area contributed by atoms with Crippen molar-refractivity contribution in [3.05, 3.63) is 257 Å². The third-order valence-corrected chi connectivity index (χ3v) is 17.8. The predicted molar refractivity (Wildman–Crippen MR) is 299 cm³/mol. The smallest absolute Gasteiger partial charge is 0.136 e. The zero-order chi connectivity index (χ0) is 47.7. The quantitative estimate of drug-likeness (QED) is 0.161. The van der Waals surface area contributed by atoms with Gasteiger partial charge < -0.3 is 13.7 Å². The number of benzene rings is 6. The van der Waals surface area contributed by atoms with E-state index in [9.17, 15) is 0 Å². The van der Waals surface area contributed by atoms with E-state index in [2.05, 4.69) is 237 Å². The number of furan rings is 2. The highest BCUT2D eigenvalue weighted by atomic mass is 16.3. The largest absolute Gasteiger partial charge is 0.461 e. The number of rotatable bonds is 5. The fraction of sp³-hybridized carbons (Fsp3) is 0.188. The highest BCUT2D eigenvalue weighted by molar-refractivity contribution is 6.19. The van der Waals surface area contributed by atoms with E-state index in [4.69, 9.17) is 8.83 Å². The van der Waals surface area contributed by atoms with Gasteiger partial charge in [-0.2, -0.15) is 0 Å². The Hall–Kier alpha value is -7.88. The molecule has 1 spiro atoms. The first-order valence-electron chi connectivity index (χ1n) is 26.3. The lowest BCUT2D eigenvalue weighted by atomic mass is 9.49. The second kappa shape index (κ2) is 16.1. The van der Waals surface area contributed by atoms with Crippen LogP contribution in [-0.4, -0.2) is 17.0 Å². The molecule has 6 aliphatic carbocycles. The minimum absolute atomic E-state index is 0.0284. The van der Waals surface area contributed by atoms with Gasteiger partial charge in [0.25, 0.3) is 0 Å². The monoisotopic (exact) mass is 929 g/mol. The molecule has 0 N–H and O–H groups in total. The topological polar surface area (TPSA) is 29.5 Å². The van der Waals surface area contributed by atoms with Gasteiger partial charge in [-0.25, -0.2) is 0 Å². The number of hydrogen-bond donors (Lipinski definition) is 0. The maximum absolute atomic E-state index is 6.59. The summed E-state index contributed by atoms with van der Waals surface area (Å²) in [5.41, 5.74) is 15.0. The molecule has 1 fully saturated rings. The van der Waals surface area contributed by atoms with E-state index in [-0.39, 0.29) is 35.3 Å². The van der Waals surface area contributed by atoms with Gasteiger partial charge in [-0.3, -0.25) is 0 Å². The maximum atomic E-state index is 6.59. The van der Waals surface area contributed by atoms with Crippen molar-refractivity contribution in [2.24, 2.45) is 17.8 Å². The molecule has 3 heteroatoms. The first kappa shape index (κ1) is 41.9. The number of piperidine rings is 1. The summed E-state index contributed by atoms with van der Waals surface area (Å²) >= 11 is 0. The van der Waals surface area contributed by atoms with Crippen LogP contribution < -0.4 is 0 Å². The van der Waals surface area contributed by atoms with Crippen molar-refractivity contribution < 1.29 is 8.83 Å². The van der Waals surface area contributed by atoms with E-state index in [0.29, 0.717) is 11.8 Å². The number of nitrogens with zero attached hydrogens (tertiary/aromatic N) is 1. The number of allylic oxidation sites excluding steroid dienone is 14. The minimum Gasteiger partial charge on any atom is -0.461 e. The molecule has 3 heterocycles. The van der Waals surface area contributed by atoms with Gasteiger partial charge in [0.15, 0.2) is 0 Å². The third kappa shape index (κ3) is 5.74. The fourth-order valence-corrected chi connectivity index (χ4v) is 15.3. The van der Waals surface area contributed by atoms with Crippen molar-refractivity contribution in [1.82, 2.24) is 4.90 Å². The Morgan fingerprint density at radius 3 is 2.28 bits per heavy atom. The van der Waals surface area contributed by atoms with Crippen molar-refractivity contribution in [3.8, 4) is 11.1 Å². The molecule has 15 rings (SSSR count). The van der Waals surface area contributed by atoms with Crippen LogP contribution >= 0.6 is 0 Å². The highest BCUT2D eigenvalue weighted by Crippen LogP contribution is 2.67. The van der Waals surface area contributed by atoms with Crippen LogP contribution in [0, 0.1) is 24.7 Å². The number of aryl methyl sites for hydroxylation is 1. The van der Waals surface area contributed by atoms with Crippen LogP contribution in [0.5, 0.6) is 0 Å². The van der Waals surface area contributed by atoms with E-state index in [0.717, 1.165) is 52.7 Å². The Bertz CT molecular complexity index is 3940. The second-order valence-corrected chi connectivity index (χ2v) is 21.0. The van der Waals surface area contributed by atoms with E-state index >= 15 is 0 Å². The van der Waals surface area contributed by atoms with Gasteiger partial charge in [-0.1, -0.05) is 188 Å². The normalized spacial score (nSPS) is 26.5. The highest BCUT2D eigenvalue weighted by Gasteiger charge is 2.65. The lowest BCUT2D eigenvalue weighted by Crippen LogP contribution is -2.66. The zero-order valence-corrected chi connectivity index (χ0v) is 40.7. The van der Waals surface area contributed by atoms with Gasteiger partial charge >= 0.3 is 0 Å². The van der Waals surface area contributed by atoms with Gasteiger partial charge in [0, 0.05) is 56.7 Å². The van der Waals surface area contributed by atoms with Crippen LogP contribution in [0.3, 0.4) is 0 Å². The maximum Gasteiger partial charge on any atom is 0.136 e.